The van der Waals surface area contributed by atoms with Gasteiger partial charge in [0.05, 0.1) is 0 Å². The highest BCUT2D eigenvalue weighted by Gasteiger charge is 2.11. The SMILES string of the molecule is CNC(=O)c1cccc(Oc2ccnc3[nH]c(=O)oc23)c1. The maximum Gasteiger partial charge on any atom is 0.418 e. The number of nitrogens with one attached hydrogen (secondary N) is 2. The molecule has 0 bridgehead atoms. The predicted molar refractivity (Wildman–Crippen MR) is 74.5 cm³/mol. The lowest BCUT2D eigenvalue weighted by molar-refractivity contribution is 0.0963. The molecular weight excluding hydrogens is 274 g/mol. The van der Waals surface area contributed by atoms with E-state index in [4.69, 9.17) is 9.15 Å². The second-order valence-electron chi connectivity index (χ2n) is 4.21. The van der Waals surface area contributed by atoms with Crippen LogP contribution in [0.5, 0.6) is 11.5 Å². The standard InChI is InChI=1S/C14H11N3O4/c1-15-13(18)8-3-2-4-9(7-8)20-10-5-6-16-12-11(10)21-14(19)17-12/h2-7H,1H3,(H,15,18)(H,16,17,19). The zero-order valence-corrected chi connectivity index (χ0v) is 11.0. The number of H-pyrrole nitrogens is 1. The Hall–Kier alpha value is -3.09. The summed E-state index contributed by atoms with van der Waals surface area (Å²) in [6.07, 6.45) is 1.49. The van der Waals surface area contributed by atoms with E-state index in [9.17, 15) is 9.59 Å². The van der Waals surface area contributed by atoms with Crippen LogP contribution in [0.4, 0.5) is 0 Å². The van der Waals surface area contributed by atoms with Gasteiger partial charge in [-0.25, -0.2) is 9.78 Å². The Kier molecular flexibility index (Phi) is 3.15. The van der Waals surface area contributed by atoms with Gasteiger partial charge in [-0.1, -0.05) is 6.07 Å². The number of rotatable bonds is 3. The van der Waals surface area contributed by atoms with Crippen LogP contribution in [0.3, 0.4) is 0 Å². The number of benzene rings is 1. The number of amides is 1. The lowest BCUT2D eigenvalue weighted by Gasteiger charge is -2.07. The molecule has 7 heteroatoms. The molecule has 3 rings (SSSR count). The van der Waals surface area contributed by atoms with Gasteiger partial charge >= 0.3 is 5.76 Å². The van der Waals surface area contributed by atoms with E-state index in [0.29, 0.717) is 22.7 Å². The first kappa shape index (κ1) is 12.9. The van der Waals surface area contributed by atoms with Crippen LogP contribution in [0, 0.1) is 0 Å². The molecule has 2 heterocycles. The van der Waals surface area contributed by atoms with Crippen LogP contribution in [0.1, 0.15) is 10.4 Å². The molecule has 0 aliphatic rings. The fraction of sp³-hybridized carbons (Fsp3) is 0.0714. The highest BCUT2D eigenvalue weighted by molar-refractivity contribution is 5.94. The van der Waals surface area contributed by atoms with E-state index in [1.165, 1.54) is 6.20 Å². The molecule has 0 saturated heterocycles. The number of fused-ring (bicyclic) bond motifs is 1. The highest BCUT2D eigenvalue weighted by Crippen LogP contribution is 2.27. The molecule has 2 aromatic heterocycles. The number of oxazole rings is 1. The van der Waals surface area contributed by atoms with Gasteiger partial charge in [-0.05, 0) is 18.2 Å². The van der Waals surface area contributed by atoms with Crippen molar-refractivity contribution in [1.82, 2.24) is 15.3 Å². The maximum absolute atomic E-state index is 11.6. The van der Waals surface area contributed by atoms with Gasteiger partial charge in [0.15, 0.2) is 11.4 Å². The summed E-state index contributed by atoms with van der Waals surface area (Å²) in [6, 6.07) is 8.24. The van der Waals surface area contributed by atoms with Gasteiger partial charge in [-0.2, -0.15) is 0 Å². The summed E-state index contributed by atoms with van der Waals surface area (Å²) in [5, 5.41) is 2.54. The largest absolute Gasteiger partial charge is 0.453 e. The third-order valence-electron chi connectivity index (χ3n) is 2.83. The fourth-order valence-electron chi connectivity index (χ4n) is 1.89. The van der Waals surface area contributed by atoms with Crippen LogP contribution in [0.2, 0.25) is 0 Å². The number of hydrogen-bond donors (Lipinski definition) is 2. The Morgan fingerprint density at radius 2 is 2.24 bits per heavy atom. The number of carbonyl (C=O) groups is 1. The zero-order chi connectivity index (χ0) is 14.8. The molecule has 0 fully saturated rings. The Balaban J connectivity index is 1.99. The lowest BCUT2D eigenvalue weighted by Crippen LogP contribution is -2.17. The quantitative estimate of drug-likeness (QED) is 0.762. The minimum absolute atomic E-state index is 0.214. The van der Waals surface area contributed by atoms with Gasteiger partial charge in [0, 0.05) is 24.9 Å². The van der Waals surface area contributed by atoms with E-state index >= 15 is 0 Å². The van der Waals surface area contributed by atoms with Gasteiger partial charge in [0.25, 0.3) is 5.91 Å². The molecule has 0 radical (unpaired) electrons. The van der Waals surface area contributed by atoms with Crippen molar-refractivity contribution >= 4 is 17.1 Å². The number of ether oxygens (including phenoxy) is 1. The fourth-order valence-corrected chi connectivity index (χ4v) is 1.89. The molecule has 0 atom stereocenters. The number of carbonyl (C=O) groups excluding carboxylic acids is 1. The molecule has 0 unspecified atom stereocenters. The smallest absolute Gasteiger partial charge is 0.418 e. The molecule has 0 spiro atoms. The molecule has 7 nitrogen and oxygen atoms in total. The number of hydrogen-bond acceptors (Lipinski definition) is 5. The number of aromatic nitrogens is 2. The van der Waals surface area contributed by atoms with Gasteiger partial charge in [0.1, 0.15) is 5.75 Å². The lowest BCUT2D eigenvalue weighted by atomic mass is 10.2. The molecule has 1 amide bonds. The first-order valence-electron chi connectivity index (χ1n) is 6.15. The molecule has 21 heavy (non-hydrogen) atoms. The van der Waals surface area contributed by atoms with Crippen LogP contribution in [-0.2, 0) is 0 Å². The van der Waals surface area contributed by atoms with Crippen molar-refractivity contribution in [3.63, 3.8) is 0 Å². The minimum atomic E-state index is -0.604. The Morgan fingerprint density at radius 3 is 3.05 bits per heavy atom. The molecule has 1 aromatic carbocycles. The van der Waals surface area contributed by atoms with Crippen molar-refractivity contribution in [3.05, 3.63) is 52.6 Å². The van der Waals surface area contributed by atoms with E-state index in [1.807, 2.05) is 0 Å². The number of aromatic amines is 1. The Labute approximate surface area is 118 Å². The van der Waals surface area contributed by atoms with Crippen molar-refractivity contribution in [3.8, 4) is 11.5 Å². The van der Waals surface area contributed by atoms with Crippen molar-refractivity contribution in [2.75, 3.05) is 7.05 Å². The molecule has 106 valence electrons. The predicted octanol–water partition coefficient (Wildman–Crippen LogP) is 1.67. The van der Waals surface area contributed by atoms with Crippen molar-refractivity contribution < 1.29 is 13.9 Å². The van der Waals surface area contributed by atoms with E-state index in [2.05, 4.69) is 15.3 Å². The third kappa shape index (κ3) is 2.48. The summed E-state index contributed by atoms with van der Waals surface area (Å²) in [4.78, 5) is 29.2. The minimum Gasteiger partial charge on any atom is -0.453 e. The summed E-state index contributed by atoms with van der Waals surface area (Å²) in [7, 11) is 1.55. The summed E-state index contributed by atoms with van der Waals surface area (Å²) < 4.78 is 10.7. The second kappa shape index (κ2) is 5.12. The van der Waals surface area contributed by atoms with Gasteiger partial charge in [-0.15, -0.1) is 0 Å². The summed E-state index contributed by atoms with van der Waals surface area (Å²) in [5.41, 5.74) is 1.00. The van der Waals surface area contributed by atoms with Gasteiger partial charge < -0.3 is 14.5 Å². The third-order valence-corrected chi connectivity index (χ3v) is 2.83. The molecule has 0 saturated carbocycles. The molecular formula is C14H11N3O4. The van der Waals surface area contributed by atoms with Crippen LogP contribution in [0.25, 0.3) is 11.2 Å². The van der Waals surface area contributed by atoms with Crippen LogP contribution in [0.15, 0.2) is 45.7 Å². The average molecular weight is 285 g/mol. The second-order valence-corrected chi connectivity index (χ2v) is 4.21. The van der Waals surface area contributed by atoms with E-state index in [1.54, 1.807) is 37.4 Å². The first-order valence-corrected chi connectivity index (χ1v) is 6.15. The Bertz CT molecular complexity index is 866. The summed E-state index contributed by atoms with van der Waals surface area (Å²) in [6.45, 7) is 0. The van der Waals surface area contributed by atoms with E-state index in [-0.39, 0.29) is 11.5 Å². The van der Waals surface area contributed by atoms with Gasteiger partial charge in [-0.3, -0.25) is 9.78 Å². The average Bonchev–Trinajstić information content (AvgIpc) is 2.88. The molecule has 0 aliphatic heterocycles. The van der Waals surface area contributed by atoms with Crippen molar-refractivity contribution in [1.29, 1.82) is 0 Å². The topological polar surface area (TPSA) is 97.2 Å². The number of nitrogens with zero attached hydrogens (tertiary/aromatic N) is 1. The Morgan fingerprint density at radius 1 is 1.38 bits per heavy atom. The first-order chi connectivity index (χ1) is 10.2. The van der Waals surface area contributed by atoms with Gasteiger partial charge in [0.2, 0.25) is 5.58 Å². The summed E-state index contributed by atoms with van der Waals surface area (Å²) >= 11 is 0. The maximum atomic E-state index is 11.6. The number of pyridine rings is 1. The van der Waals surface area contributed by atoms with Crippen LogP contribution < -0.4 is 15.8 Å². The zero-order valence-electron chi connectivity index (χ0n) is 11.0. The van der Waals surface area contributed by atoms with Crippen molar-refractivity contribution in [2.24, 2.45) is 0 Å². The van der Waals surface area contributed by atoms with E-state index < -0.39 is 5.76 Å². The summed E-state index contributed by atoms with van der Waals surface area (Å²) in [5.74, 6) is -0.0268. The molecule has 3 aromatic rings. The highest BCUT2D eigenvalue weighted by atomic mass is 16.5. The normalized spacial score (nSPS) is 10.5. The van der Waals surface area contributed by atoms with Crippen LogP contribution >= 0.6 is 0 Å². The van der Waals surface area contributed by atoms with Crippen LogP contribution in [-0.4, -0.2) is 22.9 Å². The van der Waals surface area contributed by atoms with Crippen molar-refractivity contribution in [2.45, 2.75) is 0 Å². The molecule has 2 N–H and O–H groups in total. The monoisotopic (exact) mass is 285 g/mol. The van der Waals surface area contributed by atoms with E-state index in [0.717, 1.165) is 0 Å². The molecule has 0 aliphatic carbocycles.